The van der Waals surface area contributed by atoms with Crippen LogP contribution in [-0.2, 0) is 9.53 Å². The molecule has 45 heavy (non-hydrogen) atoms. The number of ether oxygens (including phenoxy) is 1. The van der Waals surface area contributed by atoms with E-state index in [2.05, 4.69) is 43.1 Å². The number of carbonyl (C=O) groups excluding carboxylic acids is 1. The van der Waals surface area contributed by atoms with E-state index in [1.54, 1.807) is 11.5 Å². The lowest BCUT2D eigenvalue weighted by atomic mass is 9.93. The second kappa shape index (κ2) is 11.7. The highest BCUT2D eigenvalue weighted by Gasteiger charge is 2.35. The van der Waals surface area contributed by atoms with Crippen LogP contribution in [0.5, 0.6) is 0 Å². The first-order chi connectivity index (χ1) is 21.9. The van der Waals surface area contributed by atoms with Crippen molar-refractivity contribution in [3.8, 4) is 11.3 Å². The van der Waals surface area contributed by atoms with E-state index in [0.29, 0.717) is 20.6 Å². The van der Waals surface area contributed by atoms with E-state index in [4.69, 9.17) is 9.73 Å². The van der Waals surface area contributed by atoms with Crippen molar-refractivity contribution in [2.45, 2.75) is 26.8 Å². The Balaban J connectivity index is 1.54. The monoisotopic (exact) mass is 609 g/mol. The number of aryl methyl sites for hydroxylation is 2. The van der Waals surface area contributed by atoms with Crippen LogP contribution in [0.1, 0.15) is 40.8 Å². The zero-order valence-corrected chi connectivity index (χ0v) is 26.0. The van der Waals surface area contributed by atoms with Gasteiger partial charge >= 0.3 is 5.97 Å². The number of carbonyl (C=O) groups is 1. The Hall–Kier alpha value is -5.27. The Labute approximate surface area is 264 Å². The molecule has 6 nitrogen and oxygen atoms in total. The quantitative estimate of drug-likeness (QED) is 0.214. The first-order valence-corrected chi connectivity index (χ1v) is 15.8. The van der Waals surface area contributed by atoms with Crippen LogP contribution in [0.15, 0.2) is 118 Å². The largest absolute Gasteiger partial charge is 0.463 e. The maximum Gasteiger partial charge on any atom is 0.338 e. The highest BCUT2D eigenvalue weighted by atomic mass is 32.1. The van der Waals surface area contributed by atoms with Crippen molar-refractivity contribution < 1.29 is 9.53 Å². The van der Waals surface area contributed by atoms with Gasteiger partial charge in [0.05, 0.1) is 34.1 Å². The molecule has 4 aromatic carbocycles. The van der Waals surface area contributed by atoms with Gasteiger partial charge in [-0.2, -0.15) is 0 Å². The van der Waals surface area contributed by atoms with Gasteiger partial charge in [-0.05, 0) is 49.6 Å². The van der Waals surface area contributed by atoms with Gasteiger partial charge in [-0.15, -0.1) is 0 Å². The number of hydrogen-bond donors (Lipinski definition) is 1. The molecule has 0 amide bonds. The van der Waals surface area contributed by atoms with E-state index < -0.39 is 12.0 Å². The van der Waals surface area contributed by atoms with Gasteiger partial charge in [0, 0.05) is 22.0 Å². The van der Waals surface area contributed by atoms with Crippen LogP contribution < -0.4 is 14.9 Å². The summed E-state index contributed by atoms with van der Waals surface area (Å²) in [6.45, 7) is 6.17. The first-order valence-electron chi connectivity index (χ1n) is 15.0. The number of rotatable bonds is 6. The van der Waals surface area contributed by atoms with E-state index >= 15 is 0 Å². The number of nitrogens with zero attached hydrogens (tertiary/aromatic N) is 2. The highest BCUT2D eigenvalue weighted by molar-refractivity contribution is 7.07. The number of benzene rings is 4. The second-order valence-electron chi connectivity index (χ2n) is 11.1. The number of esters is 1. The number of aromatic amines is 1. The SMILES string of the molecule is CCOC(=O)C1=C(c2ccccc2)N=c2s/c(=C/c3c(-c4ccccc4)[nH]c4c(C)cc(C)cc34)c(=O)n2[C@H]1c1ccccc1. The van der Waals surface area contributed by atoms with E-state index in [1.165, 1.54) is 11.3 Å². The summed E-state index contributed by atoms with van der Waals surface area (Å²) in [4.78, 5) is 37.4. The smallest absolute Gasteiger partial charge is 0.338 e. The van der Waals surface area contributed by atoms with Gasteiger partial charge < -0.3 is 9.72 Å². The first kappa shape index (κ1) is 28.5. The minimum absolute atomic E-state index is 0.206. The van der Waals surface area contributed by atoms with Crippen molar-refractivity contribution in [3.63, 3.8) is 0 Å². The van der Waals surface area contributed by atoms with Crippen LogP contribution >= 0.6 is 11.3 Å². The van der Waals surface area contributed by atoms with E-state index in [0.717, 1.165) is 50.0 Å². The molecule has 0 saturated heterocycles. The normalized spacial score (nSPS) is 14.8. The minimum atomic E-state index is -0.708. The van der Waals surface area contributed by atoms with Crippen LogP contribution in [0, 0.1) is 13.8 Å². The van der Waals surface area contributed by atoms with E-state index in [1.807, 2.05) is 84.9 Å². The molecule has 0 fully saturated rings. The van der Waals surface area contributed by atoms with E-state index in [9.17, 15) is 9.59 Å². The molecule has 1 atom stereocenters. The number of hydrogen-bond acceptors (Lipinski definition) is 5. The highest BCUT2D eigenvalue weighted by Crippen LogP contribution is 2.36. The summed E-state index contributed by atoms with van der Waals surface area (Å²) in [7, 11) is 0. The molecule has 1 aliphatic heterocycles. The number of aromatic nitrogens is 2. The summed E-state index contributed by atoms with van der Waals surface area (Å²) in [6, 6.07) is 33.0. The van der Waals surface area contributed by atoms with Crippen LogP contribution in [0.4, 0.5) is 0 Å². The van der Waals surface area contributed by atoms with Crippen LogP contribution in [0.2, 0.25) is 0 Å². The Morgan fingerprint density at radius 2 is 1.58 bits per heavy atom. The predicted molar refractivity (Wildman–Crippen MR) is 181 cm³/mol. The molecule has 1 aliphatic rings. The Morgan fingerprint density at radius 3 is 2.24 bits per heavy atom. The number of H-pyrrole nitrogens is 1. The van der Waals surface area contributed by atoms with Crippen molar-refractivity contribution >= 4 is 40.0 Å². The summed E-state index contributed by atoms with van der Waals surface area (Å²) in [5, 5.41) is 1.05. The van der Waals surface area contributed by atoms with Crippen molar-refractivity contribution in [2.24, 2.45) is 4.99 Å². The Bertz CT molecular complexity index is 2280. The third-order valence-electron chi connectivity index (χ3n) is 8.12. The fourth-order valence-corrected chi connectivity index (χ4v) is 7.16. The fraction of sp³-hybridized carbons (Fsp3) is 0.132. The maximum atomic E-state index is 14.5. The van der Waals surface area contributed by atoms with Gasteiger partial charge in [0.2, 0.25) is 0 Å². The van der Waals surface area contributed by atoms with Crippen molar-refractivity contribution in [1.29, 1.82) is 0 Å². The van der Waals surface area contributed by atoms with E-state index in [-0.39, 0.29) is 12.2 Å². The van der Waals surface area contributed by atoms with Crippen molar-refractivity contribution in [1.82, 2.24) is 9.55 Å². The summed E-state index contributed by atoms with van der Waals surface area (Å²) in [6.07, 6.45) is 1.97. The lowest BCUT2D eigenvalue weighted by molar-refractivity contribution is -0.138. The molecular weight excluding hydrogens is 579 g/mol. The predicted octanol–water partition coefficient (Wildman–Crippen LogP) is 6.70. The lowest BCUT2D eigenvalue weighted by Gasteiger charge is -2.25. The topological polar surface area (TPSA) is 76.4 Å². The Kier molecular flexibility index (Phi) is 7.39. The Morgan fingerprint density at radius 1 is 0.933 bits per heavy atom. The fourth-order valence-electron chi connectivity index (χ4n) is 6.18. The molecule has 0 saturated carbocycles. The third kappa shape index (κ3) is 5.05. The van der Waals surface area contributed by atoms with Crippen LogP contribution in [0.25, 0.3) is 33.9 Å². The molecule has 0 spiro atoms. The molecule has 0 unspecified atom stereocenters. The molecule has 0 radical (unpaired) electrons. The third-order valence-corrected chi connectivity index (χ3v) is 9.10. The second-order valence-corrected chi connectivity index (χ2v) is 12.1. The minimum Gasteiger partial charge on any atom is -0.463 e. The molecule has 6 aromatic rings. The average Bonchev–Trinajstić information content (AvgIpc) is 3.58. The molecule has 0 aliphatic carbocycles. The van der Waals surface area contributed by atoms with Gasteiger partial charge in [0.1, 0.15) is 0 Å². The van der Waals surface area contributed by atoms with Crippen molar-refractivity contribution in [3.05, 3.63) is 156 Å². The molecule has 2 aromatic heterocycles. The van der Waals surface area contributed by atoms with Crippen LogP contribution in [0.3, 0.4) is 0 Å². The standard InChI is InChI=1S/C38H31N3O3S/c1-4-44-37(43)31-34(26-16-10-6-11-17-26)40-38-41(35(31)27-18-12-7-13-19-27)36(42)30(45-38)22-29-28-21-23(2)20-24(3)32(28)39-33(29)25-14-8-5-9-15-25/h5-22,35,39H,4H2,1-3H3/b30-22+/t35-/m0/s1. The molecule has 222 valence electrons. The number of thiazole rings is 1. The molecule has 3 heterocycles. The number of nitrogens with one attached hydrogen (secondary N) is 1. The van der Waals surface area contributed by atoms with Gasteiger partial charge in [-0.1, -0.05) is 114 Å². The molecule has 1 N–H and O–H groups in total. The molecule has 7 heteroatoms. The zero-order chi connectivity index (χ0) is 31.1. The number of fused-ring (bicyclic) bond motifs is 2. The summed E-state index contributed by atoms with van der Waals surface area (Å²) >= 11 is 1.33. The van der Waals surface area contributed by atoms with Gasteiger partial charge in [-0.25, -0.2) is 9.79 Å². The molecular formula is C38H31N3O3S. The molecule has 7 rings (SSSR count). The van der Waals surface area contributed by atoms with Gasteiger partial charge in [-0.3, -0.25) is 9.36 Å². The summed E-state index contributed by atoms with van der Waals surface area (Å²) < 4.78 is 7.77. The van der Waals surface area contributed by atoms with Crippen molar-refractivity contribution in [2.75, 3.05) is 6.61 Å². The van der Waals surface area contributed by atoms with Crippen LogP contribution in [-0.4, -0.2) is 22.1 Å². The summed E-state index contributed by atoms with van der Waals surface area (Å²) in [5.74, 6) is -0.489. The maximum absolute atomic E-state index is 14.5. The average molecular weight is 610 g/mol. The lowest BCUT2D eigenvalue weighted by Crippen LogP contribution is -2.40. The van der Waals surface area contributed by atoms with Gasteiger partial charge in [0.25, 0.3) is 5.56 Å². The molecule has 0 bridgehead atoms. The van der Waals surface area contributed by atoms with Gasteiger partial charge in [0.15, 0.2) is 4.80 Å². The summed E-state index contributed by atoms with van der Waals surface area (Å²) in [5.41, 5.74) is 8.48. The zero-order valence-electron chi connectivity index (χ0n) is 25.2.